The molecule has 1 saturated heterocycles. The number of nitrogens with one attached hydrogen (secondary N) is 2. The van der Waals surface area contributed by atoms with E-state index in [0.29, 0.717) is 5.92 Å². The van der Waals surface area contributed by atoms with Crippen molar-refractivity contribution in [3.05, 3.63) is 66.0 Å². The van der Waals surface area contributed by atoms with E-state index in [4.69, 9.17) is 0 Å². The van der Waals surface area contributed by atoms with E-state index in [1.807, 2.05) is 23.2 Å². The summed E-state index contributed by atoms with van der Waals surface area (Å²) in [5.74, 6) is 0.468. The second-order valence-corrected chi connectivity index (χ2v) is 7.23. The van der Waals surface area contributed by atoms with E-state index in [-0.39, 0.29) is 6.03 Å². The number of hydrogen-bond donors (Lipinski definition) is 2. The zero-order valence-electron chi connectivity index (χ0n) is 15.5. The summed E-state index contributed by atoms with van der Waals surface area (Å²) in [4.78, 5) is 22.2. The third kappa shape index (κ3) is 4.13. The number of nitrogens with zero attached hydrogens (tertiary/aromatic N) is 2. The summed E-state index contributed by atoms with van der Waals surface area (Å²) in [7, 11) is 0. The Labute approximate surface area is 159 Å². The first kappa shape index (κ1) is 17.6. The van der Waals surface area contributed by atoms with Crippen LogP contribution >= 0.6 is 0 Å². The molecule has 0 bridgehead atoms. The Morgan fingerprint density at radius 3 is 2.78 bits per heavy atom. The molecule has 5 heteroatoms. The van der Waals surface area contributed by atoms with E-state index in [0.717, 1.165) is 56.4 Å². The average Bonchev–Trinajstić information content (AvgIpc) is 3.16. The van der Waals surface area contributed by atoms with Gasteiger partial charge in [-0.3, -0.25) is 4.98 Å². The van der Waals surface area contributed by atoms with E-state index < -0.39 is 0 Å². The van der Waals surface area contributed by atoms with Crippen molar-refractivity contribution in [3.63, 3.8) is 0 Å². The van der Waals surface area contributed by atoms with Crippen LogP contribution in [0.25, 0.3) is 11.0 Å². The van der Waals surface area contributed by atoms with Gasteiger partial charge < -0.3 is 15.2 Å². The van der Waals surface area contributed by atoms with Gasteiger partial charge in [0.2, 0.25) is 0 Å². The van der Waals surface area contributed by atoms with E-state index in [2.05, 4.69) is 51.8 Å². The van der Waals surface area contributed by atoms with Crippen LogP contribution in [0.3, 0.4) is 0 Å². The summed E-state index contributed by atoms with van der Waals surface area (Å²) >= 11 is 0. The predicted octanol–water partition coefficient (Wildman–Crippen LogP) is 4.08. The summed E-state index contributed by atoms with van der Waals surface area (Å²) in [6.45, 7) is 2.32. The molecule has 1 aromatic carbocycles. The van der Waals surface area contributed by atoms with Gasteiger partial charge in [-0.1, -0.05) is 30.3 Å². The lowest BCUT2D eigenvalue weighted by Crippen LogP contribution is -2.44. The van der Waals surface area contributed by atoms with Crippen LogP contribution in [0.4, 0.5) is 4.79 Å². The van der Waals surface area contributed by atoms with E-state index >= 15 is 0 Å². The Morgan fingerprint density at radius 2 is 1.96 bits per heavy atom. The number of aromatic amines is 1. The van der Waals surface area contributed by atoms with E-state index in [9.17, 15) is 4.79 Å². The standard InChI is InChI=1S/C22H26N4O/c27-22(24-13-4-8-17-6-2-1-3-7-17)26-14-10-18(11-15-26)19-16-25-20-9-5-12-23-21(19)20/h1-3,5-7,9,12,16,18,25H,4,8,10-11,13-15H2,(H,24,27). The molecule has 27 heavy (non-hydrogen) atoms. The third-order valence-electron chi connectivity index (χ3n) is 5.45. The minimum Gasteiger partial charge on any atom is -0.360 e. The Bertz CT molecular complexity index is 881. The van der Waals surface area contributed by atoms with Crippen molar-refractivity contribution < 1.29 is 4.79 Å². The number of fused-ring (bicyclic) bond motifs is 1. The summed E-state index contributed by atoms with van der Waals surface area (Å²) in [5, 5.41) is 3.07. The predicted molar refractivity (Wildman–Crippen MR) is 108 cm³/mol. The number of likely N-dealkylation sites (tertiary alicyclic amines) is 1. The summed E-state index contributed by atoms with van der Waals surface area (Å²) in [6, 6.07) is 14.5. The Balaban J connectivity index is 1.23. The quantitative estimate of drug-likeness (QED) is 0.672. The first-order valence-electron chi connectivity index (χ1n) is 9.80. The van der Waals surface area contributed by atoms with Crippen molar-refractivity contribution in [2.45, 2.75) is 31.6 Å². The van der Waals surface area contributed by atoms with Gasteiger partial charge in [-0.25, -0.2) is 4.79 Å². The smallest absolute Gasteiger partial charge is 0.317 e. The molecule has 2 amide bonds. The number of aryl methyl sites for hydroxylation is 1. The molecule has 3 aromatic rings. The molecule has 1 fully saturated rings. The maximum atomic E-state index is 12.4. The molecule has 2 N–H and O–H groups in total. The fraction of sp³-hybridized carbons (Fsp3) is 0.364. The molecule has 4 rings (SSSR count). The molecule has 3 heterocycles. The topological polar surface area (TPSA) is 61.0 Å². The molecule has 0 radical (unpaired) electrons. The largest absolute Gasteiger partial charge is 0.360 e. The van der Waals surface area contributed by atoms with Gasteiger partial charge in [-0.05, 0) is 54.9 Å². The van der Waals surface area contributed by atoms with Gasteiger partial charge in [0.05, 0.1) is 11.0 Å². The van der Waals surface area contributed by atoms with Crippen LogP contribution in [0.5, 0.6) is 0 Å². The lowest BCUT2D eigenvalue weighted by atomic mass is 9.90. The number of urea groups is 1. The highest BCUT2D eigenvalue weighted by molar-refractivity contribution is 5.79. The van der Waals surface area contributed by atoms with Gasteiger partial charge in [-0.2, -0.15) is 0 Å². The molecule has 0 spiro atoms. The fourth-order valence-corrected chi connectivity index (χ4v) is 3.92. The lowest BCUT2D eigenvalue weighted by molar-refractivity contribution is 0.181. The number of piperidine rings is 1. The highest BCUT2D eigenvalue weighted by atomic mass is 16.2. The van der Waals surface area contributed by atoms with Crippen LogP contribution in [-0.2, 0) is 6.42 Å². The van der Waals surface area contributed by atoms with Crippen LogP contribution in [0.1, 0.15) is 36.3 Å². The normalized spacial score (nSPS) is 15.2. The van der Waals surface area contributed by atoms with Gasteiger partial charge in [0.25, 0.3) is 0 Å². The first-order valence-corrected chi connectivity index (χ1v) is 9.80. The monoisotopic (exact) mass is 362 g/mol. The number of carbonyl (C=O) groups is 1. The maximum Gasteiger partial charge on any atom is 0.317 e. The second-order valence-electron chi connectivity index (χ2n) is 7.23. The zero-order chi connectivity index (χ0) is 18.5. The molecule has 0 unspecified atom stereocenters. The van der Waals surface area contributed by atoms with Crippen molar-refractivity contribution in [3.8, 4) is 0 Å². The second kappa shape index (κ2) is 8.25. The maximum absolute atomic E-state index is 12.4. The molecule has 140 valence electrons. The van der Waals surface area contributed by atoms with Crippen molar-refractivity contribution in [1.82, 2.24) is 20.2 Å². The van der Waals surface area contributed by atoms with Gasteiger partial charge >= 0.3 is 6.03 Å². The number of pyridine rings is 1. The number of benzene rings is 1. The van der Waals surface area contributed by atoms with Crippen LogP contribution in [-0.4, -0.2) is 40.5 Å². The molecule has 5 nitrogen and oxygen atoms in total. The number of H-pyrrole nitrogens is 1. The van der Waals surface area contributed by atoms with Crippen molar-refractivity contribution in [1.29, 1.82) is 0 Å². The fourth-order valence-electron chi connectivity index (χ4n) is 3.92. The van der Waals surface area contributed by atoms with Crippen LogP contribution in [0, 0.1) is 0 Å². The minimum absolute atomic E-state index is 0.0681. The lowest BCUT2D eigenvalue weighted by Gasteiger charge is -2.31. The Morgan fingerprint density at radius 1 is 1.15 bits per heavy atom. The number of hydrogen-bond acceptors (Lipinski definition) is 2. The van der Waals surface area contributed by atoms with Gasteiger partial charge in [-0.15, -0.1) is 0 Å². The number of carbonyl (C=O) groups excluding carboxylic acids is 1. The highest BCUT2D eigenvalue weighted by Gasteiger charge is 2.25. The van der Waals surface area contributed by atoms with Crippen molar-refractivity contribution in [2.75, 3.05) is 19.6 Å². The number of rotatable bonds is 5. The molecule has 1 aliphatic heterocycles. The Kier molecular flexibility index (Phi) is 5.37. The first-order chi connectivity index (χ1) is 13.3. The van der Waals surface area contributed by atoms with E-state index in [1.54, 1.807) is 0 Å². The summed E-state index contributed by atoms with van der Waals surface area (Å²) in [5.41, 5.74) is 4.76. The molecular formula is C22H26N4O. The zero-order valence-corrected chi connectivity index (χ0v) is 15.5. The minimum atomic E-state index is 0.0681. The third-order valence-corrected chi connectivity index (χ3v) is 5.45. The average molecular weight is 362 g/mol. The van der Waals surface area contributed by atoms with E-state index in [1.165, 1.54) is 11.1 Å². The molecule has 0 atom stereocenters. The SMILES string of the molecule is O=C(NCCCc1ccccc1)N1CCC(c2c[nH]c3cccnc23)CC1. The molecule has 0 saturated carbocycles. The number of aromatic nitrogens is 2. The van der Waals surface area contributed by atoms with Crippen LogP contribution in [0.15, 0.2) is 54.9 Å². The van der Waals surface area contributed by atoms with Crippen LogP contribution in [0.2, 0.25) is 0 Å². The van der Waals surface area contributed by atoms with Crippen molar-refractivity contribution in [2.24, 2.45) is 0 Å². The summed E-state index contributed by atoms with van der Waals surface area (Å²) < 4.78 is 0. The van der Waals surface area contributed by atoms with Gasteiger partial charge in [0.15, 0.2) is 0 Å². The van der Waals surface area contributed by atoms with Gasteiger partial charge in [0, 0.05) is 32.0 Å². The molecule has 0 aliphatic carbocycles. The number of amides is 2. The van der Waals surface area contributed by atoms with Crippen molar-refractivity contribution >= 4 is 17.1 Å². The molecule has 1 aliphatic rings. The van der Waals surface area contributed by atoms with Crippen LogP contribution < -0.4 is 5.32 Å². The Hall–Kier alpha value is -2.82. The molecule has 2 aromatic heterocycles. The van der Waals surface area contributed by atoms with Gasteiger partial charge in [0.1, 0.15) is 0 Å². The summed E-state index contributed by atoms with van der Waals surface area (Å²) in [6.07, 6.45) is 7.87. The molecular weight excluding hydrogens is 336 g/mol. The highest BCUT2D eigenvalue weighted by Crippen LogP contribution is 2.32.